The normalized spacial score (nSPS) is 12.7. The van der Waals surface area contributed by atoms with Crippen LogP contribution < -0.4 is 0 Å². The highest BCUT2D eigenvalue weighted by molar-refractivity contribution is 6.33. The number of aliphatic carboxylic acids is 1. The summed E-state index contributed by atoms with van der Waals surface area (Å²) in [4.78, 5) is 26.4. The lowest BCUT2D eigenvalue weighted by Gasteiger charge is -2.20. The van der Waals surface area contributed by atoms with Crippen molar-refractivity contribution in [1.29, 1.82) is 0 Å². The van der Waals surface area contributed by atoms with Gasteiger partial charge in [0.15, 0.2) is 0 Å². The molecule has 0 spiro atoms. The quantitative estimate of drug-likeness (QED) is 0.541. The number of rotatable bonds is 4. The van der Waals surface area contributed by atoms with Gasteiger partial charge >= 0.3 is 5.97 Å². The minimum atomic E-state index is -0.928. The van der Waals surface area contributed by atoms with Gasteiger partial charge in [0.2, 0.25) is 0 Å². The van der Waals surface area contributed by atoms with Crippen molar-refractivity contribution in [3.63, 3.8) is 0 Å². The maximum atomic E-state index is 13.6. The number of amides is 1. The van der Waals surface area contributed by atoms with E-state index in [0.717, 1.165) is 38.9 Å². The number of carbonyl (C=O) groups is 2. The van der Waals surface area contributed by atoms with Crippen molar-refractivity contribution in [2.45, 2.75) is 40.3 Å². The molecule has 32 heavy (non-hydrogen) atoms. The maximum Gasteiger partial charge on any atom is 0.307 e. The molecule has 0 bridgehead atoms. The van der Waals surface area contributed by atoms with Gasteiger partial charge in [-0.25, -0.2) is 4.39 Å². The van der Waals surface area contributed by atoms with E-state index in [9.17, 15) is 19.1 Å². The molecule has 4 nitrogen and oxygen atoms in total. The second-order valence-electron chi connectivity index (χ2n) is 8.29. The summed E-state index contributed by atoms with van der Waals surface area (Å²) in [7, 11) is 0. The standard InChI is InChI=1S/C26H23ClFNO3/c1-14-7-8-19(23(27)9-14)25-16(3)22-13-29(26(32)17-5-4-6-18(28)10-17)12-21(22)15(2)20(25)11-24(30)31/h4-10H,11-13H2,1-3H3,(H,30,31). The van der Waals surface area contributed by atoms with Crippen molar-refractivity contribution < 1.29 is 19.1 Å². The first-order chi connectivity index (χ1) is 15.2. The highest BCUT2D eigenvalue weighted by Crippen LogP contribution is 2.42. The molecular weight excluding hydrogens is 429 g/mol. The number of nitrogens with zero attached hydrogens (tertiary/aromatic N) is 1. The Balaban J connectivity index is 1.84. The average molecular weight is 452 g/mol. The summed E-state index contributed by atoms with van der Waals surface area (Å²) in [5.41, 5.74) is 7.33. The van der Waals surface area contributed by atoms with Crippen molar-refractivity contribution in [1.82, 2.24) is 4.90 Å². The minimum absolute atomic E-state index is 0.142. The van der Waals surface area contributed by atoms with Gasteiger partial charge in [-0.05, 0) is 84.0 Å². The first-order valence-corrected chi connectivity index (χ1v) is 10.7. The first kappa shape index (κ1) is 22.0. The maximum absolute atomic E-state index is 13.6. The molecule has 3 aromatic rings. The molecular formula is C26H23ClFNO3. The Morgan fingerprint density at radius 2 is 1.72 bits per heavy atom. The van der Waals surface area contributed by atoms with Crippen molar-refractivity contribution in [2.24, 2.45) is 0 Å². The number of carbonyl (C=O) groups excluding carboxylic acids is 1. The van der Waals surface area contributed by atoms with Gasteiger partial charge in [-0.15, -0.1) is 0 Å². The number of benzene rings is 3. The van der Waals surface area contributed by atoms with Crippen molar-refractivity contribution in [2.75, 3.05) is 0 Å². The summed E-state index contributed by atoms with van der Waals surface area (Å²) in [6, 6.07) is 11.4. The number of aryl methyl sites for hydroxylation is 1. The van der Waals surface area contributed by atoms with Crippen LogP contribution in [0.2, 0.25) is 5.02 Å². The largest absolute Gasteiger partial charge is 0.481 e. The van der Waals surface area contributed by atoms with Crippen LogP contribution in [0.25, 0.3) is 11.1 Å². The fraction of sp³-hybridized carbons (Fsp3) is 0.231. The Bertz CT molecular complexity index is 1270. The van der Waals surface area contributed by atoms with Crippen LogP contribution >= 0.6 is 11.6 Å². The highest BCUT2D eigenvalue weighted by Gasteiger charge is 2.31. The molecule has 1 aliphatic rings. The van der Waals surface area contributed by atoms with E-state index in [1.54, 1.807) is 11.0 Å². The first-order valence-electron chi connectivity index (χ1n) is 10.3. The summed E-state index contributed by atoms with van der Waals surface area (Å²) in [5.74, 6) is -1.64. The van der Waals surface area contributed by atoms with Gasteiger partial charge < -0.3 is 10.0 Å². The van der Waals surface area contributed by atoms with Crippen LogP contribution in [0.4, 0.5) is 4.39 Å². The van der Waals surface area contributed by atoms with Gasteiger partial charge in [-0.2, -0.15) is 0 Å². The summed E-state index contributed by atoms with van der Waals surface area (Å²) in [6.07, 6.45) is -0.142. The zero-order valence-electron chi connectivity index (χ0n) is 18.1. The molecule has 0 aliphatic carbocycles. The summed E-state index contributed by atoms with van der Waals surface area (Å²) in [5, 5.41) is 10.2. The number of carboxylic acids is 1. The van der Waals surface area contributed by atoms with Gasteiger partial charge in [0.05, 0.1) is 6.42 Å². The van der Waals surface area contributed by atoms with Crippen LogP contribution in [0, 0.1) is 26.6 Å². The van der Waals surface area contributed by atoms with Crippen LogP contribution in [0.15, 0.2) is 42.5 Å². The summed E-state index contributed by atoms with van der Waals surface area (Å²) >= 11 is 6.57. The van der Waals surface area contributed by atoms with Gasteiger partial charge in [-0.3, -0.25) is 9.59 Å². The Labute approximate surface area is 191 Å². The molecule has 4 rings (SSSR count). The van der Waals surface area contributed by atoms with Gasteiger partial charge in [0, 0.05) is 29.2 Å². The molecule has 3 aromatic carbocycles. The lowest BCUT2D eigenvalue weighted by Crippen LogP contribution is -2.25. The molecule has 0 fully saturated rings. The molecule has 6 heteroatoms. The van der Waals surface area contributed by atoms with Crippen LogP contribution in [0.1, 0.15) is 43.7 Å². The monoisotopic (exact) mass is 451 g/mol. The second kappa shape index (κ2) is 8.40. The van der Waals surface area contributed by atoms with E-state index in [1.807, 2.05) is 39.0 Å². The SMILES string of the molecule is Cc1ccc(-c2c(C)c3c(c(C)c2CC(=O)O)CN(C(=O)c2cccc(F)c2)C3)c(Cl)c1. The minimum Gasteiger partial charge on any atom is -0.481 e. The zero-order chi connectivity index (χ0) is 23.2. The molecule has 1 amide bonds. The molecule has 0 saturated carbocycles. The number of halogens is 2. The van der Waals surface area contributed by atoms with Gasteiger partial charge in [0.25, 0.3) is 5.91 Å². The Hall–Kier alpha value is -3.18. The lowest BCUT2D eigenvalue weighted by molar-refractivity contribution is -0.136. The van der Waals surface area contributed by atoms with Crippen LogP contribution in [-0.2, 0) is 24.3 Å². The number of hydrogen-bond acceptors (Lipinski definition) is 2. The van der Waals surface area contributed by atoms with Crippen molar-refractivity contribution in [3.8, 4) is 11.1 Å². The van der Waals surface area contributed by atoms with Crippen LogP contribution in [0.3, 0.4) is 0 Å². The average Bonchev–Trinajstić information content (AvgIpc) is 3.18. The summed E-state index contributed by atoms with van der Waals surface area (Å²) < 4.78 is 13.6. The molecule has 164 valence electrons. The van der Waals surface area contributed by atoms with Crippen molar-refractivity contribution >= 4 is 23.5 Å². The van der Waals surface area contributed by atoms with E-state index in [4.69, 9.17) is 11.6 Å². The molecule has 1 N–H and O–H groups in total. The Morgan fingerprint density at radius 3 is 2.34 bits per heavy atom. The number of carboxylic acid groups (broad SMARTS) is 1. The third-order valence-corrected chi connectivity index (χ3v) is 6.49. The van der Waals surface area contributed by atoms with Gasteiger partial charge in [0.1, 0.15) is 5.82 Å². The van der Waals surface area contributed by atoms with E-state index in [1.165, 1.54) is 18.2 Å². The molecule has 0 radical (unpaired) electrons. The number of fused-ring (bicyclic) bond motifs is 1. The smallest absolute Gasteiger partial charge is 0.307 e. The van der Waals surface area contributed by atoms with E-state index in [-0.39, 0.29) is 12.3 Å². The predicted octanol–water partition coefficient (Wildman–Crippen LogP) is 5.85. The third kappa shape index (κ3) is 3.89. The second-order valence-corrected chi connectivity index (χ2v) is 8.69. The Kier molecular flexibility index (Phi) is 5.78. The molecule has 0 unspecified atom stereocenters. The molecule has 0 atom stereocenters. The third-order valence-electron chi connectivity index (χ3n) is 6.18. The van der Waals surface area contributed by atoms with Crippen LogP contribution in [0.5, 0.6) is 0 Å². The highest BCUT2D eigenvalue weighted by atomic mass is 35.5. The van der Waals surface area contributed by atoms with E-state index in [0.29, 0.717) is 29.2 Å². The van der Waals surface area contributed by atoms with Gasteiger partial charge in [-0.1, -0.05) is 29.8 Å². The summed E-state index contributed by atoms with van der Waals surface area (Å²) in [6.45, 7) is 6.53. The Morgan fingerprint density at radius 1 is 1.03 bits per heavy atom. The van der Waals surface area contributed by atoms with E-state index >= 15 is 0 Å². The topological polar surface area (TPSA) is 57.6 Å². The fourth-order valence-electron chi connectivity index (χ4n) is 4.57. The van der Waals surface area contributed by atoms with E-state index in [2.05, 4.69) is 0 Å². The predicted molar refractivity (Wildman–Crippen MR) is 122 cm³/mol. The zero-order valence-corrected chi connectivity index (χ0v) is 18.9. The fourth-order valence-corrected chi connectivity index (χ4v) is 4.90. The number of hydrogen-bond donors (Lipinski definition) is 1. The van der Waals surface area contributed by atoms with E-state index < -0.39 is 11.8 Å². The molecule has 1 heterocycles. The molecule has 1 aliphatic heterocycles. The van der Waals surface area contributed by atoms with Crippen molar-refractivity contribution in [3.05, 3.63) is 92.2 Å². The lowest BCUT2D eigenvalue weighted by atomic mass is 9.84. The molecule has 0 saturated heterocycles. The van der Waals surface area contributed by atoms with Crippen LogP contribution in [-0.4, -0.2) is 21.9 Å². The molecule has 0 aromatic heterocycles.